The van der Waals surface area contributed by atoms with Gasteiger partial charge in [0.1, 0.15) is 29.5 Å². The van der Waals surface area contributed by atoms with Crippen LogP contribution in [0.25, 0.3) is 0 Å². The average Bonchev–Trinajstić information content (AvgIpc) is 2.59. The fourth-order valence-corrected chi connectivity index (χ4v) is 3.61. The normalized spacial score (nSPS) is 17.2. The van der Waals surface area contributed by atoms with Crippen molar-refractivity contribution in [2.75, 3.05) is 22.4 Å². The van der Waals surface area contributed by atoms with Gasteiger partial charge < -0.3 is 10.1 Å². The maximum Gasteiger partial charge on any atom is 0.233 e. The third kappa shape index (κ3) is 4.36. The highest BCUT2D eigenvalue weighted by molar-refractivity contribution is 7.92. The van der Waals surface area contributed by atoms with Crippen molar-refractivity contribution in [2.24, 2.45) is 0 Å². The number of nitrogens with one attached hydrogen (secondary N) is 2. The second-order valence-corrected chi connectivity index (χ2v) is 7.86. The summed E-state index contributed by atoms with van der Waals surface area (Å²) in [6.07, 6.45) is 3.43. The number of sulfonamides is 1. The van der Waals surface area contributed by atoms with Gasteiger partial charge >= 0.3 is 0 Å². The van der Waals surface area contributed by atoms with Gasteiger partial charge in [-0.3, -0.25) is 4.72 Å². The summed E-state index contributed by atoms with van der Waals surface area (Å²) in [6.45, 7) is 1.71. The first-order valence-corrected chi connectivity index (χ1v) is 9.75. The van der Waals surface area contributed by atoms with E-state index in [1.807, 2.05) is 0 Å². The van der Waals surface area contributed by atoms with Crippen molar-refractivity contribution in [3.63, 3.8) is 0 Å². The Morgan fingerprint density at radius 2 is 1.89 bits per heavy atom. The second kappa shape index (κ2) is 7.51. The van der Waals surface area contributed by atoms with E-state index in [0.29, 0.717) is 5.56 Å². The van der Waals surface area contributed by atoms with E-state index in [4.69, 9.17) is 4.74 Å². The van der Waals surface area contributed by atoms with Gasteiger partial charge in [-0.1, -0.05) is 18.2 Å². The number of hydrogen-bond acceptors (Lipinski definition) is 4. The quantitative estimate of drug-likeness (QED) is 0.743. The highest BCUT2D eigenvalue weighted by atomic mass is 32.2. The molecule has 0 atom stereocenters. The van der Waals surface area contributed by atoms with E-state index in [-0.39, 0.29) is 35.9 Å². The van der Waals surface area contributed by atoms with Gasteiger partial charge in [-0.05, 0) is 31.0 Å². The summed E-state index contributed by atoms with van der Waals surface area (Å²) in [5.41, 5.74) is -0.370. The van der Waals surface area contributed by atoms with Gasteiger partial charge in [0.05, 0.1) is 11.4 Å². The molecule has 5 nitrogen and oxygen atoms in total. The third-order valence-electron chi connectivity index (χ3n) is 3.88. The number of benzene rings is 2. The number of rotatable bonds is 2. The second-order valence-electron chi connectivity index (χ2n) is 6.02. The van der Waals surface area contributed by atoms with Crippen LogP contribution in [0.2, 0.25) is 0 Å². The number of halogens is 3. The molecule has 0 saturated carbocycles. The van der Waals surface area contributed by atoms with Crippen molar-refractivity contribution >= 4 is 27.1 Å². The highest BCUT2D eigenvalue weighted by Gasteiger charge is 2.24. The number of aryl methyl sites for hydroxylation is 1. The minimum absolute atomic E-state index is 0.0398. The molecular formula is C18H17F3N2O3S. The molecule has 1 aliphatic heterocycles. The number of ether oxygens (including phenoxy) is 1. The Morgan fingerprint density at radius 3 is 2.63 bits per heavy atom. The van der Waals surface area contributed by atoms with Crippen LogP contribution in [0.15, 0.2) is 36.4 Å². The zero-order chi connectivity index (χ0) is 19.6. The smallest absolute Gasteiger partial charge is 0.233 e. The molecule has 9 heteroatoms. The van der Waals surface area contributed by atoms with E-state index in [2.05, 4.69) is 10.0 Å². The van der Waals surface area contributed by atoms with Gasteiger partial charge in [-0.15, -0.1) is 0 Å². The molecule has 0 bridgehead atoms. The van der Waals surface area contributed by atoms with Crippen LogP contribution in [0.4, 0.5) is 30.2 Å². The van der Waals surface area contributed by atoms with Crippen LogP contribution in [-0.2, 0) is 10.0 Å². The predicted molar refractivity (Wildman–Crippen MR) is 97.4 cm³/mol. The topological polar surface area (TPSA) is 67.4 Å². The average molecular weight is 398 g/mol. The largest absolute Gasteiger partial charge is 0.487 e. The van der Waals surface area contributed by atoms with Gasteiger partial charge in [-0.25, -0.2) is 21.6 Å². The number of fused-ring (bicyclic) bond motifs is 1. The van der Waals surface area contributed by atoms with Crippen molar-refractivity contribution in [2.45, 2.75) is 13.3 Å². The maximum absolute atomic E-state index is 14.5. The molecule has 2 N–H and O–H groups in total. The van der Waals surface area contributed by atoms with Crippen LogP contribution in [0.1, 0.15) is 12.0 Å². The molecule has 0 saturated heterocycles. The molecule has 1 aliphatic rings. The van der Waals surface area contributed by atoms with Gasteiger partial charge in [0.15, 0.2) is 11.6 Å². The first-order valence-electron chi connectivity index (χ1n) is 8.10. The molecule has 2 aromatic rings. The monoisotopic (exact) mass is 398 g/mol. The van der Waals surface area contributed by atoms with E-state index in [0.717, 1.165) is 6.07 Å². The molecule has 0 spiro atoms. The minimum Gasteiger partial charge on any atom is -0.487 e. The van der Waals surface area contributed by atoms with Crippen LogP contribution in [0.3, 0.4) is 0 Å². The Morgan fingerprint density at radius 1 is 1.11 bits per heavy atom. The number of allylic oxidation sites excluding steroid dienone is 1. The summed E-state index contributed by atoms with van der Waals surface area (Å²) in [7, 11) is -3.86. The van der Waals surface area contributed by atoms with E-state index in [9.17, 15) is 21.6 Å². The first kappa shape index (κ1) is 19.1. The summed E-state index contributed by atoms with van der Waals surface area (Å²) >= 11 is 0. The van der Waals surface area contributed by atoms with Crippen molar-refractivity contribution in [1.82, 2.24) is 0 Å². The highest BCUT2D eigenvalue weighted by Crippen LogP contribution is 2.40. The van der Waals surface area contributed by atoms with E-state index < -0.39 is 33.2 Å². The van der Waals surface area contributed by atoms with Crippen molar-refractivity contribution in [3.8, 4) is 5.75 Å². The lowest BCUT2D eigenvalue weighted by Gasteiger charge is -2.20. The molecule has 27 heavy (non-hydrogen) atoms. The lowest BCUT2D eigenvalue weighted by Crippen LogP contribution is -2.19. The summed E-state index contributed by atoms with van der Waals surface area (Å²) < 4.78 is 74.8. The third-order valence-corrected chi connectivity index (χ3v) is 5.17. The van der Waals surface area contributed by atoms with Crippen molar-refractivity contribution < 1.29 is 26.3 Å². The van der Waals surface area contributed by atoms with Crippen molar-refractivity contribution in [1.29, 1.82) is 0 Å². The Labute approximate surface area is 154 Å². The minimum atomic E-state index is -3.86. The van der Waals surface area contributed by atoms with Crippen molar-refractivity contribution in [3.05, 3.63) is 59.4 Å². The fraction of sp³-hybridized carbons (Fsp3) is 0.222. The Balaban J connectivity index is 2.14. The van der Waals surface area contributed by atoms with Gasteiger partial charge in [0.2, 0.25) is 10.0 Å². The summed E-state index contributed by atoms with van der Waals surface area (Å²) in [6, 6.07) is 4.88. The Hall–Kier alpha value is -2.68. The van der Waals surface area contributed by atoms with Gasteiger partial charge in [-0.2, -0.15) is 0 Å². The molecule has 1 heterocycles. The summed E-state index contributed by atoms with van der Waals surface area (Å²) in [5, 5.41) is 2.44. The molecule has 2 aromatic carbocycles. The molecule has 0 amide bonds. The van der Waals surface area contributed by atoms with E-state index in [1.54, 1.807) is 25.1 Å². The zero-order valence-corrected chi connectivity index (χ0v) is 15.2. The molecule has 0 fully saturated rings. The Kier molecular flexibility index (Phi) is 5.31. The summed E-state index contributed by atoms with van der Waals surface area (Å²) in [4.78, 5) is 0. The standard InChI is InChI=1S/C18H17F3N2O3S/c1-11-5-6-14(12(19)9-11)22-18-16(21)13(20)10-15-17(18)23-27(24,25)8-4-2-3-7-26-15/h2-3,5-6,9-10,22-23H,4,7-8H2,1H3/b3-2+. The fourth-order valence-electron chi connectivity index (χ4n) is 2.55. The van der Waals surface area contributed by atoms with Crippen LogP contribution in [0, 0.1) is 24.4 Å². The molecule has 3 rings (SSSR count). The van der Waals surface area contributed by atoms with Gasteiger partial charge in [0.25, 0.3) is 0 Å². The number of hydrogen-bond donors (Lipinski definition) is 2. The molecule has 144 valence electrons. The zero-order valence-electron chi connectivity index (χ0n) is 14.4. The van der Waals surface area contributed by atoms with Crippen LogP contribution >= 0.6 is 0 Å². The SMILES string of the molecule is Cc1ccc(Nc2c(F)c(F)cc3c2NS(=O)(=O)CC/C=C/CO3)c(F)c1. The molecular weight excluding hydrogens is 381 g/mol. The van der Waals surface area contributed by atoms with Crippen LogP contribution in [0.5, 0.6) is 5.75 Å². The van der Waals surface area contributed by atoms with Gasteiger partial charge in [0, 0.05) is 6.07 Å². The van der Waals surface area contributed by atoms with Crippen LogP contribution in [-0.4, -0.2) is 20.8 Å². The number of anilines is 3. The molecule has 0 aliphatic carbocycles. The Bertz CT molecular complexity index is 1010. The predicted octanol–water partition coefficient (Wildman–Crippen LogP) is 4.24. The molecule has 0 unspecified atom stereocenters. The lowest BCUT2D eigenvalue weighted by atomic mass is 10.2. The molecule has 0 radical (unpaired) electrons. The van der Waals surface area contributed by atoms with E-state index >= 15 is 0 Å². The van der Waals surface area contributed by atoms with Crippen LogP contribution < -0.4 is 14.8 Å². The van der Waals surface area contributed by atoms with E-state index in [1.165, 1.54) is 12.1 Å². The maximum atomic E-state index is 14.5. The lowest BCUT2D eigenvalue weighted by molar-refractivity contribution is 0.360. The summed E-state index contributed by atoms with van der Waals surface area (Å²) in [5.74, 6) is -3.77. The molecule has 0 aromatic heterocycles. The first-order chi connectivity index (χ1) is 12.8.